The summed E-state index contributed by atoms with van der Waals surface area (Å²) in [5, 5.41) is 0. The first kappa shape index (κ1) is 12.9. The summed E-state index contributed by atoms with van der Waals surface area (Å²) in [6.07, 6.45) is 2.33. The van der Waals surface area contributed by atoms with E-state index < -0.39 is 0 Å². The van der Waals surface area contributed by atoms with Crippen molar-refractivity contribution in [1.82, 2.24) is 9.80 Å². The molecule has 1 fully saturated rings. The Morgan fingerprint density at radius 3 is 2.27 bits per heavy atom. The summed E-state index contributed by atoms with van der Waals surface area (Å²) in [7, 11) is 2.21. The van der Waals surface area contributed by atoms with Crippen LogP contribution in [-0.4, -0.2) is 54.6 Å². The number of piperazine rings is 1. The molecule has 0 aliphatic carbocycles. The average Bonchev–Trinajstić information content (AvgIpc) is 2.26. The minimum atomic E-state index is 0.246. The maximum atomic E-state index is 5.98. The molecule has 15 heavy (non-hydrogen) atoms. The largest absolute Gasteiger partial charge is 0.329 e. The normalized spacial score (nSPS) is 25.8. The van der Waals surface area contributed by atoms with E-state index in [1.807, 2.05) is 0 Å². The van der Waals surface area contributed by atoms with Crippen LogP contribution in [0.25, 0.3) is 0 Å². The second-order valence-electron chi connectivity index (χ2n) is 4.91. The molecule has 0 bridgehead atoms. The molecule has 1 rings (SSSR count). The topological polar surface area (TPSA) is 32.5 Å². The molecule has 0 amide bonds. The van der Waals surface area contributed by atoms with Gasteiger partial charge in [0.05, 0.1) is 0 Å². The van der Waals surface area contributed by atoms with Gasteiger partial charge < -0.3 is 10.6 Å². The quantitative estimate of drug-likeness (QED) is 0.760. The molecule has 1 aliphatic heterocycles. The molecule has 90 valence electrons. The summed E-state index contributed by atoms with van der Waals surface area (Å²) in [5.74, 6) is 0. The fraction of sp³-hybridized carbons (Fsp3) is 1.00. The lowest BCUT2D eigenvalue weighted by molar-refractivity contribution is 0.0134. The Labute approximate surface area is 94.6 Å². The van der Waals surface area contributed by atoms with Crippen LogP contribution in [0, 0.1) is 0 Å². The maximum absolute atomic E-state index is 5.98. The van der Waals surface area contributed by atoms with Crippen molar-refractivity contribution < 1.29 is 0 Å². The van der Waals surface area contributed by atoms with Gasteiger partial charge in [-0.25, -0.2) is 0 Å². The van der Waals surface area contributed by atoms with E-state index in [0.29, 0.717) is 6.04 Å². The minimum Gasteiger partial charge on any atom is -0.329 e. The van der Waals surface area contributed by atoms with Gasteiger partial charge >= 0.3 is 0 Å². The lowest BCUT2D eigenvalue weighted by Gasteiger charge is -2.48. The van der Waals surface area contributed by atoms with E-state index in [1.165, 1.54) is 13.1 Å². The van der Waals surface area contributed by atoms with Crippen molar-refractivity contribution in [3.8, 4) is 0 Å². The number of nitrogens with zero attached hydrogens (tertiary/aromatic N) is 2. The van der Waals surface area contributed by atoms with Crippen LogP contribution in [0.5, 0.6) is 0 Å². The summed E-state index contributed by atoms with van der Waals surface area (Å²) in [4.78, 5) is 5.04. The fourth-order valence-corrected chi connectivity index (χ4v) is 2.59. The molecule has 0 spiro atoms. The van der Waals surface area contributed by atoms with Gasteiger partial charge in [0.2, 0.25) is 0 Å². The third-order valence-corrected chi connectivity index (χ3v) is 4.33. The summed E-state index contributed by atoms with van der Waals surface area (Å²) in [5.41, 5.74) is 6.23. The molecule has 1 atom stereocenters. The molecule has 0 aromatic heterocycles. The van der Waals surface area contributed by atoms with Crippen molar-refractivity contribution >= 4 is 0 Å². The third kappa shape index (κ3) is 2.52. The van der Waals surface area contributed by atoms with E-state index in [2.05, 4.69) is 37.6 Å². The second kappa shape index (κ2) is 5.28. The summed E-state index contributed by atoms with van der Waals surface area (Å²) in [6.45, 7) is 11.1. The lowest BCUT2D eigenvalue weighted by Crippen LogP contribution is -2.61. The molecular weight excluding hydrogens is 186 g/mol. The number of likely N-dealkylation sites (N-methyl/N-ethyl adjacent to an activating group) is 1. The summed E-state index contributed by atoms with van der Waals surface area (Å²) in [6, 6.07) is 0.655. The number of hydrogen-bond donors (Lipinski definition) is 1. The molecule has 1 heterocycles. The van der Waals surface area contributed by atoms with E-state index in [-0.39, 0.29) is 5.54 Å². The van der Waals surface area contributed by atoms with E-state index in [0.717, 1.165) is 25.9 Å². The van der Waals surface area contributed by atoms with Gasteiger partial charge in [-0.3, -0.25) is 4.90 Å². The van der Waals surface area contributed by atoms with Crippen molar-refractivity contribution in [2.45, 2.75) is 45.2 Å². The van der Waals surface area contributed by atoms with Crippen LogP contribution in [0.2, 0.25) is 0 Å². The molecule has 1 unspecified atom stereocenters. The Bertz CT molecular complexity index is 181. The van der Waals surface area contributed by atoms with Gasteiger partial charge in [0.25, 0.3) is 0 Å². The zero-order valence-electron chi connectivity index (χ0n) is 10.8. The van der Waals surface area contributed by atoms with Gasteiger partial charge in [-0.2, -0.15) is 0 Å². The highest BCUT2D eigenvalue weighted by atomic mass is 15.3. The van der Waals surface area contributed by atoms with E-state index in [1.54, 1.807) is 0 Å². The van der Waals surface area contributed by atoms with Crippen LogP contribution in [0.1, 0.15) is 33.6 Å². The SMILES string of the molecule is CCC(CC)(CN)N1CCN(C)C(C)C1. The molecule has 1 saturated heterocycles. The van der Waals surface area contributed by atoms with Gasteiger partial charge in [0.15, 0.2) is 0 Å². The number of nitrogens with two attached hydrogens (primary N) is 1. The first-order chi connectivity index (χ1) is 7.09. The Kier molecular flexibility index (Phi) is 4.56. The zero-order chi connectivity index (χ0) is 11.5. The Hall–Kier alpha value is -0.120. The van der Waals surface area contributed by atoms with Crippen LogP contribution in [0.4, 0.5) is 0 Å². The van der Waals surface area contributed by atoms with Gasteiger partial charge in [-0.1, -0.05) is 13.8 Å². The monoisotopic (exact) mass is 213 g/mol. The molecular formula is C12H27N3. The van der Waals surface area contributed by atoms with Crippen molar-refractivity contribution in [3.05, 3.63) is 0 Å². The highest BCUT2D eigenvalue weighted by molar-refractivity contribution is 4.93. The molecule has 1 aliphatic rings. The maximum Gasteiger partial charge on any atom is 0.0327 e. The molecule has 0 radical (unpaired) electrons. The molecule has 0 saturated carbocycles. The Balaban J connectivity index is 2.69. The second-order valence-corrected chi connectivity index (χ2v) is 4.91. The van der Waals surface area contributed by atoms with E-state index in [9.17, 15) is 0 Å². The van der Waals surface area contributed by atoms with Crippen LogP contribution >= 0.6 is 0 Å². The molecule has 0 aromatic carbocycles. The number of rotatable bonds is 4. The first-order valence-electron chi connectivity index (χ1n) is 6.25. The highest BCUT2D eigenvalue weighted by Gasteiger charge is 2.35. The summed E-state index contributed by atoms with van der Waals surface area (Å²) >= 11 is 0. The van der Waals surface area contributed by atoms with E-state index >= 15 is 0 Å². The average molecular weight is 213 g/mol. The van der Waals surface area contributed by atoms with Crippen molar-refractivity contribution in [3.63, 3.8) is 0 Å². The highest BCUT2D eigenvalue weighted by Crippen LogP contribution is 2.25. The van der Waals surface area contributed by atoms with Gasteiger partial charge in [0, 0.05) is 37.8 Å². The van der Waals surface area contributed by atoms with Gasteiger partial charge in [-0.05, 0) is 26.8 Å². The number of hydrogen-bond acceptors (Lipinski definition) is 3. The predicted octanol–water partition coefficient (Wildman–Crippen LogP) is 1.14. The van der Waals surface area contributed by atoms with E-state index in [4.69, 9.17) is 5.73 Å². The molecule has 2 N–H and O–H groups in total. The van der Waals surface area contributed by atoms with Crippen LogP contribution in [0.3, 0.4) is 0 Å². The Morgan fingerprint density at radius 2 is 1.87 bits per heavy atom. The van der Waals surface area contributed by atoms with Gasteiger partial charge in [-0.15, -0.1) is 0 Å². The smallest absolute Gasteiger partial charge is 0.0327 e. The predicted molar refractivity (Wildman–Crippen MR) is 66.0 cm³/mol. The Morgan fingerprint density at radius 1 is 1.27 bits per heavy atom. The standard InChI is InChI=1S/C12H27N3/c1-5-12(6-2,10-13)15-8-7-14(4)11(3)9-15/h11H,5-10,13H2,1-4H3. The molecule has 3 heteroatoms. The van der Waals surface area contributed by atoms with Crippen molar-refractivity contribution in [2.75, 3.05) is 33.2 Å². The van der Waals surface area contributed by atoms with Crippen LogP contribution < -0.4 is 5.73 Å². The zero-order valence-corrected chi connectivity index (χ0v) is 10.8. The first-order valence-corrected chi connectivity index (χ1v) is 6.25. The summed E-state index contributed by atoms with van der Waals surface area (Å²) < 4.78 is 0. The van der Waals surface area contributed by atoms with Crippen molar-refractivity contribution in [1.29, 1.82) is 0 Å². The molecule has 0 aromatic rings. The third-order valence-electron chi connectivity index (χ3n) is 4.33. The lowest BCUT2D eigenvalue weighted by atomic mass is 9.89. The molecule has 3 nitrogen and oxygen atoms in total. The van der Waals surface area contributed by atoms with Crippen LogP contribution in [0.15, 0.2) is 0 Å². The van der Waals surface area contributed by atoms with Gasteiger partial charge in [0.1, 0.15) is 0 Å². The minimum absolute atomic E-state index is 0.246. The van der Waals surface area contributed by atoms with Crippen molar-refractivity contribution in [2.24, 2.45) is 5.73 Å². The fourth-order valence-electron chi connectivity index (χ4n) is 2.59. The van der Waals surface area contributed by atoms with Crippen LogP contribution in [-0.2, 0) is 0 Å².